The summed E-state index contributed by atoms with van der Waals surface area (Å²) in [6, 6.07) is 19.9. The van der Waals surface area contributed by atoms with Crippen LogP contribution in [0.1, 0.15) is 12.5 Å². The predicted octanol–water partition coefficient (Wildman–Crippen LogP) is 4.76. The molecule has 0 aromatic heterocycles. The minimum atomic E-state index is -0.151. The number of hydrogen-bond acceptors (Lipinski definition) is 1. The van der Waals surface area contributed by atoms with Gasteiger partial charge in [-0.2, -0.15) is 0 Å². The van der Waals surface area contributed by atoms with Crippen LogP contribution in [-0.2, 0) is 6.54 Å². The third-order valence-electron chi connectivity index (χ3n) is 3.70. The summed E-state index contributed by atoms with van der Waals surface area (Å²) in [6.45, 7) is 3.42. The maximum absolute atomic E-state index is 14.1. The molecule has 3 aromatic rings. The lowest BCUT2D eigenvalue weighted by molar-refractivity contribution is 0.594. The summed E-state index contributed by atoms with van der Waals surface area (Å²) in [5, 5.41) is 5.52. The monoisotopic (exact) mass is 279 g/mol. The van der Waals surface area contributed by atoms with Crippen LogP contribution in [0.4, 0.5) is 4.39 Å². The second-order valence-electron chi connectivity index (χ2n) is 5.15. The van der Waals surface area contributed by atoms with Gasteiger partial charge < -0.3 is 5.32 Å². The highest BCUT2D eigenvalue weighted by molar-refractivity contribution is 5.87. The molecule has 0 bridgehead atoms. The fourth-order valence-electron chi connectivity index (χ4n) is 2.50. The number of rotatable bonds is 4. The van der Waals surface area contributed by atoms with Crippen LogP contribution in [0.5, 0.6) is 0 Å². The molecule has 2 heteroatoms. The largest absolute Gasteiger partial charge is 0.313 e. The average Bonchev–Trinajstić information content (AvgIpc) is 2.53. The van der Waals surface area contributed by atoms with Crippen LogP contribution >= 0.6 is 0 Å². The number of benzene rings is 3. The number of hydrogen-bond donors (Lipinski definition) is 1. The molecule has 106 valence electrons. The molecule has 0 amide bonds. The van der Waals surface area contributed by atoms with E-state index in [9.17, 15) is 4.39 Å². The number of halogens is 1. The molecule has 0 unspecified atom stereocenters. The van der Waals surface area contributed by atoms with Gasteiger partial charge in [0.15, 0.2) is 0 Å². The van der Waals surface area contributed by atoms with Crippen LogP contribution in [0.25, 0.3) is 21.9 Å². The predicted molar refractivity (Wildman–Crippen MR) is 86.7 cm³/mol. The Kier molecular flexibility index (Phi) is 3.98. The molecule has 0 heterocycles. The molecule has 0 radical (unpaired) electrons. The first-order valence-electron chi connectivity index (χ1n) is 7.26. The Hall–Kier alpha value is -2.19. The van der Waals surface area contributed by atoms with Crippen LogP contribution in [0.15, 0.2) is 60.7 Å². The fourth-order valence-corrected chi connectivity index (χ4v) is 2.50. The van der Waals surface area contributed by atoms with Crippen LogP contribution < -0.4 is 5.32 Å². The van der Waals surface area contributed by atoms with Gasteiger partial charge in [0.25, 0.3) is 0 Å². The Morgan fingerprint density at radius 3 is 2.33 bits per heavy atom. The third kappa shape index (κ3) is 2.96. The zero-order valence-electron chi connectivity index (χ0n) is 12.1. The molecule has 3 rings (SSSR count). The van der Waals surface area contributed by atoms with Gasteiger partial charge >= 0.3 is 0 Å². The van der Waals surface area contributed by atoms with Gasteiger partial charge in [0, 0.05) is 12.1 Å². The molecule has 1 nitrogen and oxygen atoms in total. The van der Waals surface area contributed by atoms with Crippen molar-refractivity contribution in [2.45, 2.75) is 13.5 Å². The summed E-state index contributed by atoms with van der Waals surface area (Å²) in [5.74, 6) is -0.151. The fraction of sp³-hybridized carbons (Fsp3) is 0.158. The van der Waals surface area contributed by atoms with Gasteiger partial charge in [-0.25, -0.2) is 4.39 Å². The van der Waals surface area contributed by atoms with Gasteiger partial charge in [0.1, 0.15) is 5.82 Å². The van der Waals surface area contributed by atoms with E-state index in [1.807, 2.05) is 37.3 Å². The molecule has 0 fully saturated rings. The lowest BCUT2D eigenvalue weighted by atomic mass is 10.00. The Morgan fingerprint density at radius 2 is 1.57 bits per heavy atom. The van der Waals surface area contributed by atoms with Crippen molar-refractivity contribution >= 4 is 10.8 Å². The van der Waals surface area contributed by atoms with Gasteiger partial charge in [-0.05, 0) is 40.6 Å². The van der Waals surface area contributed by atoms with E-state index in [-0.39, 0.29) is 5.82 Å². The van der Waals surface area contributed by atoms with Gasteiger partial charge in [-0.15, -0.1) is 0 Å². The van der Waals surface area contributed by atoms with Crippen LogP contribution in [0.3, 0.4) is 0 Å². The summed E-state index contributed by atoms with van der Waals surface area (Å²) in [7, 11) is 0. The Bertz CT molecular complexity index is 764. The first-order chi connectivity index (χ1) is 10.3. The van der Waals surface area contributed by atoms with Crippen molar-refractivity contribution in [1.82, 2.24) is 5.32 Å². The highest BCUT2D eigenvalue weighted by Crippen LogP contribution is 2.26. The quantitative estimate of drug-likeness (QED) is 0.726. The van der Waals surface area contributed by atoms with Crippen molar-refractivity contribution in [3.05, 3.63) is 72.0 Å². The Morgan fingerprint density at radius 1 is 0.857 bits per heavy atom. The summed E-state index contributed by atoms with van der Waals surface area (Å²) in [5.41, 5.74) is 2.67. The molecule has 1 N–H and O–H groups in total. The second-order valence-corrected chi connectivity index (χ2v) is 5.15. The molecule has 0 saturated carbocycles. The molecule has 3 aromatic carbocycles. The SMILES string of the molecule is CCNCc1ccc(-c2ccc3ccccc3c2)cc1F. The number of nitrogens with one attached hydrogen (secondary N) is 1. The Balaban J connectivity index is 1.96. The third-order valence-corrected chi connectivity index (χ3v) is 3.70. The molecule has 0 aliphatic rings. The minimum absolute atomic E-state index is 0.151. The molecular formula is C19H18FN. The van der Waals surface area contributed by atoms with E-state index in [0.717, 1.165) is 17.7 Å². The number of fused-ring (bicyclic) bond motifs is 1. The molecular weight excluding hydrogens is 261 g/mol. The van der Waals surface area contributed by atoms with E-state index in [1.165, 1.54) is 10.8 Å². The van der Waals surface area contributed by atoms with E-state index in [1.54, 1.807) is 6.07 Å². The summed E-state index contributed by atoms with van der Waals surface area (Å²) >= 11 is 0. The van der Waals surface area contributed by atoms with Crippen molar-refractivity contribution in [2.75, 3.05) is 6.54 Å². The molecule has 0 saturated heterocycles. The molecule has 21 heavy (non-hydrogen) atoms. The second kappa shape index (κ2) is 6.06. The first-order valence-corrected chi connectivity index (χ1v) is 7.26. The highest BCUT2D eigenvalue weighted by Gasteiger charge is 2.05. The van der Waals surface area contributed by atoms with Gasteiger partial charge in [0.2, 0.25) is 0 Å². The van der Waals surface area contributed by atoms with E-state index in [0.29, 0.717) is 12.1 Å². The van der Waals surface area contributed by atoms with E-state index >= 15 is 0 Å². The summed E-state index contributed by atoms with van der Waals surface area (Å²) in [4.78, 5) is 0. The van der Waals surface area contributed by atoms with Gasteiger partial charge in [-0.3, -0.25) is 0 Å². The lowest BCUT2D eigenvalue weighted by Crippen LogP contribution is -2.12. The van der Waals surface area contributed by atoms with Crippen molar-refractivity contribution in [3.8, 4) is 11.1 Å². The van der Waals surface area contributed by atoms with Crippen LogP contribution in [-0.4, -0.2) is 6.54 Å². The summed E-state index contributed by atoms with van der Waals surface area (Å²) in [6.07, 6.45) is 0. The zero-order chi connectivity index (χ0) is 14.7. The normalized spacial score (nSPS) is 11.0. The molecule has 0 aliphatic heterocycles. The molecule has 0 aliphatic carbocycles. The van der Waals surface area contributed by atoms with Crippen LogP contribution in [0, 0.1) is 5.82 Å². The summed E-state index contributed by atoms with van der Waals surface area (Å²) < 4.78 is 14.1. The maximum Gasteiger partial charge on any atom is 0.128 e. The van der Waals surface area contributed by atoms with E-state index in [2.05, 4.69) is 29.6 Å². The first kappa shape index (κ1) is 13.8. The average molecular weight is 279 g/mol. The van der Waals surface area contributed by atoms with Crippen LogP contribution in [0.2, 0.25) is 0 Å². The van der Waals surface area contributed by atoms with Crippen molar-refractivity contribution < 1.29 is 4.39 Å². The van der Waals surface area contributed by atoms with Crippen molar-refractivity contribution in [2.24, 2.45) is 0 Å². The van der Waals surface area contributed by atoms with Gasteiger partial charge in [0.05, 0.1) is 0 Å². The molecule has 0 spiro atoms. The Labute approximate surface area is 124 Å². The van der Waals surface area contributed by atoms with Crippen molar-refractivity contribution in [1.29, 1.82) is 0 Å². The van der Waals surface area contributed by atoms with E-state index < -0.39 is 0 Å². The van der Waals surface area contributed by atoms with Crippen molar-refractivity contribution in [3.63, 3.8) is 0 Å². The van der Waals surface area contributed by atoms with E-state index in [4.69, 9.17) is 0 Å². The lowest BCUT2D eigenvalue weighted by Gasteiger charge is -2.08. The van der Waals surface area contributed by atoms with Gasteiger partial charge in [-0.1, -0.05) is 55.5 Å². The zero-order valence-corrected chi connectivity index (χ0v) is 12.1. The standard InChI is InChI=1S/C19H18FN/c1-2-21-13-18-10-9-17(12-19(18)20)16-8-7-14-5-3-4-6-15(14)11-16/h3-12,21H,2,13H2,1H3. The maximum atomic E-state index is 14.1. The topological polar surface area (TPSA) is 12.0 Å². The minimum Gasteiger partial charge on any atom is -0.313 e. The highest BCUT2D eigenvalue weighted by atomic mass is 19.1. The molecule has 0 atom stereocenters. The smallest absolute Gasteiger partial charge is 0.128 e.